The SMILES string of the molecule is CC1=C(CCC(C)CCCC(C)C/C=C/C=C(\C)CCCC(C)CCC2=C(C)C(=O)CCC2(C)C)C(C)(C)C=CC1=O. The van der Waals surface area contributed by atoms with E-state index in [1.54, 1.807) is 6.08 Å². The molecule has 0 radical (unpaired) electrons. The molecule has 2 nitrogen and oxygen atoms in total. The molecule has 0 saturated heterocycles. The van der Waals surface area contributed by atoms with Crippen molar-refractivity contribution < 1.29 is 9.59 Å². The number of carbonyl (C=O) groups excluding carboxylic acids is 2. The Labute approximate surface area is 260 Å². The molecular formula is C40H64O2. The van der Waals surface area contributed by atoms with Crippen LogP contribution in [0.25, 0.3) is 0 Å². The third kappa shape index (κ3) is 11.6. The summed E-state index contributed by atoms with van der Waals surface area (Å²) in [6.45, 7) is 22.5. The van der Waals surface area contributed by atoms with Crippen LogP contribution in [0.4, 0.5) is 0 Å². The van der Waals surface area contributed by atoms with Crippen molar-refractivity contribution in [1.82, 2.24) is 0 Å². The fraction of sp³-hybridized carbons (Fsp3) is 0.700. The zero-order chi connectivity index (χ0) is 31.5. The zero-order valence-electron chi connectivity index (χ0n) is 29.1. The first-order chi connectivity index (χ1) is 19.6. The van der Waals surface area contributed by atoms with Crippen LogP contribution in [0.5, 0.6) is 0 Å². The molecule has 0 heterocycles. The molecule has 0 aromatic carbocycles. The lowest BCUT2D eigenvalue weighted by molar-refractivity contribution is -0.116. The minimum Gasteiger partial charge on any atom is -0.295 e. The van der Waals surface area contributed by atoms with Crippen LogP contribution in [0.1, 0.15) is 153 Å². The van der Waals surface area contributed by atoms with Gasteiger partial charge in [0.15, 0.2) is 11.6 Å². The molecule has 236 valence electrons. The molecule has 2 heteroatoms. The molecule has 0 bridgehead atoms. The number of carbonyl (C=O) groups is 2. The van der Waals surface area contributed by atoms with Crippen molar-refractivity contribution in [3.63, 3.8) is 0 Å². The maximum atomic E-state index is 12.2. The summed E-state index contributed by atoms with van der Waals surface area (Å²) in [6.07, 6.45) is 25.6. The lowest BCUT2D eigenvalue weighted by atomic mass is 9.70. The van der Waals surface area contributed by atoms with Crippen LogP contribution in [-0.4, -0.2) is 11.6 Å². The summed E-state index contributed by atoms with van der Waals surface area (Å²) in [5.41, 5.74) is 6.44. The number of hydrogen-bond donors (Lipinski definition) is 0. The van der Waals surface area contributed by atoms with E-state index in [1.165, 1.54) is 68.1 Å². The Kier molecular flexibility index (Phi) is 14.5. The predicted molar refractivity (Wildman–Crippen MR) is 183 cm³/mol. The van der Waals surface area contributed by atoms with Crippen molar-refractivity contribution in [3.8, 4) is 0 Å². The minimum absolute atomic E-state index is 0.0106. The van der Waals surface area contributed by atoms with Gasteiger partial charge in [-0.05, 0) is 113 Å². The number of allylic oxidation sites excluding steroid dienone is 10. The number of hydrogen-bond acceptors (Lipinski definition) is 2. The lowest BCUT2D eigenvalue weighted by Crippen LogP contribution is -2.25. The molecular weight excluding hydrogens is 512 g/mol. The van der Waals surface area contributed by atoms with Crippen LogP contribution < -0.4 is 0 Å². The highest BCUT2D eigenvalue weighted by molar-refractivity contribution is 6.05. The van der Waals surface area contributed by atoms with Crippen LogP contribution in [0.15, 0.2) is 58.2 Å². The van der Waals surface area contributed by atoms with E-state index < -0.39 is 0 Å². The summed E-state index contributed by atoms with van der Waals surface area (Å²) >= 11 is 0. The Morgan fingerprint density at radius 2 is 1.43 bits per heavy atom. The van der Waals surface area contributed by atoms with Crippen molar-refractivity contribution in [1.29, 1.82) is 0 Å². The molecule has 3 atom stereocenters. The van der Waals surface area contributed by atoms with E-state index in [2.05, 4.69) is 86.6 Å². The van der Waals surface area contributed by atoms with Crippen LogP contribution in [-0.2, 0) is 9.59 Å². The van der Waals surface area contributed by atoms with Gasteiger partial charge in [0.2, 0.25) is 0 Å². The number of ketones is 2. The van der Waals surface area contributed by atoms with E-state index in [0.717, 1.165) is 49.2 Å². The van der Waals surface area contributed by atoms with Crippen molar-refractivity contribution >= 4 is 11.6 Å². The summed E-state index contributed by atoms with van der Waals surface area (Å²) in [7, 11) is 0. The molecule has 0 spiro atoms. The van der Waals surface area contributed by atoms with Crippen LogP contribution >= 0.6 is 0 Å². The lowest BCUT2D eigenvalue weighted by Gasteiger charge is -2.34. The number of Topliss-reactive ketones (excluding diaryl/α,β-unsaturated/α-hetero) is 1. The molecule has 0 saturated carbocycles. The molecule has 0 N–H and O–H groups in total. The molecule has 2 rings (SSSR count). The van der Waals surface area contributed by atoms with Gasteiger partial charge in [0.25, 0.3) is 0 Å². The maximum Gasteiger partial charge on any atom is 0.181 e. The first-order valence-corrected chi connectivity index (χ1v) is 17.1. The van der Waals surface area contributed by atoms with Crippen LogP contribution in [0.3, 0.4) is 0 Å². The van der Waals surface area contributed by atoms with E-state index in [1.807, 2.05) is 6.92 Å². The van der Waals surface area contributed by atoms with E-state index in [9.17, 15) is 9.59 Å². The quantitative estimate of drug-likeness (QED) is 0.161. The molecule has 2 aliphatic rings. The van der Waals surface area contributed by atoms with Crippen molar-refractivity contribution in [2.45, 2.75) is 153 Å². The summed E-state index contributed by atoms with van der Waals surface area (Å²) in [4.78, 5) is 24.4. The summed E-state index contributed by atoms with van der Waals surface area (Å²) in [5, 5.41) is 0. The second kappa shape index (κ2) is 16.8. The molecule has 42 heavy (non-hydrogen) atoms. The van der Waals surface area contributed by atoms with Gasteiger partial charge >= 0.3 is 0 Å². The van der Waals surface area contributed by atoms with E-state index in [0.29, 0.717) is 17.6 Å². The highest BCUT2D eigenvalue weighted by Gasteiger charge is 2.32. The predicted octanol–water partition coefficient (Wildman–Crippen LogP) is 11.9. The first kappa shape index (κ1) is 36.2. The van der Waals surface area contributed by atoms with E-state index in [4.69, 9.17) is 0 Å². The van der Waals surface area contributed by atoms with Gasteiger partial charge in [-0.3, -0.25) is 9.59 Å². The van der Waals surface area contributed by atoms with Gasteiger partial charge < -0.3 is 0 Å². The topological polar surface area (TPSA) is 34.1 Å². The number of rotatable bonds is 17. The van der Waals surface area contributed by atoms with E-state index >= 15 is 0 Å². The van der Waals surface area contributed by atoms with Gasteiger partial charge in [-0.2, -0.15) is 0 Å². The minimum atomic E-state index is 0.0106. The average molecular weight is 577 g/mol. The third-order valence-electron chi connectivity index (χ3n) is 10.4. The zero-order valence-corrected chi connectivity index (χ0v) is 29.1. The summed E-state index contributed by atoms with van der Waals surface area (Å²) < 4.78 is 0. The second-order valence-corrected chi connectivity index (χ2v) is 15.3. The molecule has 0 aliphatic heterocycles. The Balaban J connectivity index is 1.61. The van der Waals surface area contributed by atoms with Gasteiger partial charge in [-0.25, -0.2) is 0 Å². The first-order valence-electron chi connectivity index (χ1n) is 17.1. The summed E-state index contributed by atoms with van der Waals surface area (Å²) in [6, 6.07) is 0. The van der Waals surface area contributed by atoms with E-state index in [-0.39, 0.29) is 16.6 Å². The normalized spacial score (nSPS) is 21.4. The van der Waals surface area contributed by atoms with Gasteiger partial charge in [-0.15, -0.1) is 0 Å². The Morgan fingerprint density at radius 1 is 0.833 bits per heavy atom. The largest absolute Gasteiger partial charge is 0.295 e. The molecule has 0 amide bonds. The average Bonchev–Trinajstić information content (AvgIpc) is 2.91. The molecule has 0 aromatic rings. The smallest absolute Gasteiger partial charge is 0.181 e. The molecule has 2 aliphatic carbocycles. The summed E-state index contributed by atoms with van der Waals surface area (Å²) in [5.74, 6) is 2.67. The van der Waals surface area contributed by atoms with Gasteiger partial charge in [-0.1, -0.05) is 115 Å². The van der Waals surface area contributed by atoms with Crippen LogP contribution in [0, 0.1) is 28.6 Å². The van der Waals surface area contributed by atoms with Crippen molar-refractivity contribution in [2.24, 2.45) is 28.6 Å². The Morgan fingerprint density at radius 3 is 2.10 bits per heavy atom. The van der Waals surface area contributed by atoms with Gasteiger partial charge in [0.05, 0.1) is 0 Å². The van der Waals surface area contributed by atoms with Crippen molar-refractivity contribution in [2.75, 3.05) is 0 Å². The molecule has 0 aromatic heterocycles. The van der Waals surface area contributed by atoms with Crippen molar-refractivity contribution in [3.05, 3.63) is 58.2 Å². The second-order valence-electron chi connectivity index (χ2n) is 15.3. The third-order valence-corrected chi connectivity index (χ3v) is 10.4. The molecule has 3 unspecified atom stereocenters. The van der Waals surface area contributed by atoms with Gasteiger partial charge in [0.1, 0.15) is 0 Å². The standard InChI is InChI=1S/C40H64O2/c1-29(17-13-19-31(3)21-23-35-33(5)37(41)25-27-39(35,7)8)15-11-12-16-30(2)18-14-20-32(4)22-24-36-34(6)38(42)26-28-40(36,9)10/h11-12,15,26,28,30-32H,13-14,16-25,27H2,1-10H3/b12-11+,29-15+. The Bertz CT molecular complexity index is 1070. The highest BCUT2D eigenvalue weighted by Crippen LogP contribution is 2.42. The van der Waals surface area contributed by atoms with Crippen LogP contribution in [0.2, 0.25) is 0 Å². The molecule has 0 fully saturated rings. The maximum absolute atomic E-state index is 12.2. The fourth-order valence-electron chi connectivity index (χ4n) is 6.98. The highest BCUT2D eigenvalue weighted by atomic mass is 16.1. The monoisotopic (exact) mass is 576 g/mol. The Hall–Kier alpha value is -1.96. The fourth-order valence-corrected chi connectivity index (χ4v) is 6.98. The van der Waals surface area contributed by atoms with Gasteiger partial charge in [0, 0.05) is 11.8 Å².